The first-order valence-electron chi connectivity index (χ1n) is 11.4. The lowest BCUT2D eigenvalue weighted by Crippen LogP contribution is -2.37. The lowest BCUT2D eigenvalue weighted by molar-refractivity contribution is 0.0600. The van der Waals surface area contributed by atoms with E-state index in [9.17, 15) is 9.18 Å². The number of para-hydroxylation sites is 1. The molecule has 0 amide bonds. The monoisotopic (exact) mass is 463 g/mol. The van der Waals surface area contributed by atoms with E-state index in [0.717, 1.165) is 34.4 Å². The lowest BCUT2D eigenvalue weighted by Gasteiger charge is -2.34. The molecule has 0 aromatic heterocycles. The normalized spacial score (nSPS) is 17.9. The molecule has 0 saturated heterocycles. The van der Waals surface area contributed by atoms with Gasteiger partial charge in [-0.05, 0) is 67.3 Å². The molecular weight excluding hydrogens is 433 g/mol. The third kappa shape index (κ3) is 4.92. The summed E-state index contributed by atoms with van der Waals surface area (Å²) in [6.45, 7) is 4.71. The van der Waals surface area contributed by atoms with Crippen molar-refractivity contribution in [2.75, 3.05) is 20.8 Å². The first-order valence-corrected chi connectivity index (χ1v) is 11.4. The molecule has 6 heteroatoms. The molecule has 4 rings (SSSR count). The highest BCUT2D eigenvalue weighted by atomic mass is 19.1. The fraction of sp³-hybridized carbons (Fsp3) is 0.321. The second-order valence-electron chi connectivity index (χ2n) is 8.65. The molecule has 3 unspecified atom stereocenters. The molecule has 1 heterocycles. The first kappa shape index (κ1) is 23.8. The van der Waals surface area contributed by atoms with Gasteiger partial charge in [-0.2, -0.15) is 0 Å². The number of fused-ring (bicyclic) bond motifs is 1. The van der Waals surface area contributed by atoms with Crippen molar-refractivity contribution in [2.24, 2.45) is 0 Å². The van der Waals surface area contributed by atoms with E-state index in [1.807, 2.05) is 37.3 Å². The molecule has 0 fully saturated rings. The Bertz CT molecular complexity index is 1180. The van der Waals surface area contributed by atoms with E-state index >= 15 is 0 Å². The predicted molar refractivity (Wildman–Crippen MR) is 129 cm³/mol. The summed E-state index contributed by atoms with van der Waals surface area (Å²) in [5.41, 5.74) is 4.81. The number of ether oxygens (including phenoxy) is 3. The fourth-order valence-corrected chi connectivity index (χ4v) is 4.55. The molecule has 1 aliphatic rings. The molecule has 0 saturated carbocycles. The summed E-state index contributed by atoms with van der Waals surface area (Å²) in [6, 6.07) is 18.6. The van der Waals surface area contributed by atoms with E-state index in [-0.39, 0.29) is 35.6 Å². The molecule has 3 atom stereocenters. The van der Waals surface area contributed by atoms with Crippen molar-refractivity contribution in [1.82, 2.24) is 5.32 Å². The zero-order valence-electron chi connectivity index (χ0n) is 19.9. The Morgan fingerprint density at radius 3 is 2.68 bits per heavy atom. The van der Waals surface area contributed by atoms with Gasteiger partial charge in [-0.25, -0.2) is 9.18 Å². The number of benzene rings is 3. The molecule has 178 valence electrons. The largest absolute Gasteiger partial charge is 0.494 e. The van der Waals surface area contributed by atoms with Crippen LogP contribution in [-0.2, 0) is 4.74 Å². The number of rotatable bonds is 7. The molecule has 0 radical (unpaired) electrons. The second-order valence-corrected chi connectivity index (χ2v) is 8.65. The van der Waals surface area contributed by atoms with Crippen molar-refractivity contribution in [3.63, 3.8) is 0 Å². The van der Waals surface area contributed by atoms with E-state index in [1.54, 1.807) is 18.2 Å². The van der Waals surface area contributed by atoms with Crippen LogP contribution in [0, 0.1) is 12.7 Å². The zero-order chi connectivity index (χ0) is 24.2. The van der Waals surface area contributed by atoms with E-state index in [2.05, 4.69) is 18.3 Å². The van der Waals surface area contributed by atoms with E-state index in [0.29, 0.717) is 12.1 Å². The Labute approximate surface area is 199 Å². The number of esters is 1. The number of hydrogen-bond donors (Lipinski definition) is 1. The summed E-state index contributed by atoms with van der Waals surface area (Å²) in [5.74, 6) is 0.448. The van der Waals surface area contributed by atoms with Gasteiger partial charge in [0.05, 0.1) is 19.8 Å². The van der Waals surface area contributed by atoms with Crippen molar-refractivity contribution in [3.8, 4) is 11.5 Å². The van der Waals surface area contributed by atoms with Gasteiger partial charge in [-0.3, -0.25) is 0 Å². The number of aryl methyl sites for hydroxylation is 1. The highest BCUT2D eigenvalue weighted by molar-refractivity contribution is 5.89. The highest BCUT2D eigenvalue weighted by Gasteiger charge is 2.31. The maximum atomic E-state index is 13.8. The van der Waals surface area contributed by atoms with Gasteiger partial charge >= 0.3 is 5.97 Å². The smallest absolute Gasteiger partial charge is 0.337 e. The average Bonchev–Trinajstić information content (AvgIpc) is 2.86. The number of methoxy groups -OCH3 is 2. The summed E-state index contributed by atoms with van der Waals surface area (Å²) < 4.78 is 30.2. The molecule has 1 aliphatic heterocycles. The number of carbonyl (C=O) groups excluding carboxylic acids is 1. The lowest BCUT2D eigenvalue weighted by atomic mass is 9.81. The molecule has 0 spiro atoms. The van der Waals surface area contributed by atoms with Crippen LogP contribution in [0.4, 0.5) is 4.39 Å². The highest BCUT2D eigenvalue weighted by Crippen LogP contribution is 2.41. The van der Waals surface area contributed by atoms with Crippen LogP contribution in [0.15, 0.2) is 60.7 Å². The Morgan fingerprint density at radius 2 is 1.91 bits per heavy atom. The molecule has 0 bridgehead atoms. The van der Waals surface area contributed by atoms with Crippen LogP contribution >= 0.6 is 0 Å². The van der Waals surface area contributed by atoms with Gasteiger partial charge in [0, 0.05) is 24.1 Å². The van der Waals surface area contributed by atoms with Crippen molar-refractivity contribution in [3.05, 3.63) is 94.3 Å². The van der Waals surface area contributed by atoms with Gasteiger partial charge in [0.1, 0.15) is 11.9 Å². The van der Waals surface area contributed by atoms with E-state index < -0.39 is 0 Å². The van der Waals surface area contributed by atoms with Gasteiger partial charge in [0.2, 0.25) is 0 Å². The third-order valence-electron chi connectivity index (χ3n) is 6.49. The van der Waals surface area contributed by atoms with Gasteiger partial charge in [0.15, 0.2) is 11.6 Å². The second kappa shape index (κ2) is 10.3. The summed E-state index contributed by atoms with van der Waals surface area (Å²) in [6.07, 6.45) is 0.681. The number of nitrogens with one attached hydrogen (secondary N) is 1. The maximum absolute atomic E-state index is 13.8. The van der Waals surface area contributed by atoms with Crippen LogP contribution in [0.2, 0.25) is 0 Å². The van der Waals surface area contributed by atoms with Crippen LogP contribution in [-0.4, -0.2) is 32.8 Å². The molecular formula is C28H30FNO4. The summed E-state index contributed by atoms with van der Waals surface area (Å²) in [5, 5.41) is 3.52. The summed E-state index contributed by atoms with van der Waals surface area (Å²) in [4.78, 5) is 12.2. The predicted octanol–water partition coefficient (Wildman–Crippen LogP) is 5.56. The van der Waals surface area contributed by atoms with Crippen LogP contribution in [0.1, 0.15) is 57.9 Å². The van der Waals surface area contributed by atoms with Crippen LogP contribution in [0.25, 0.3) is 0 Å². The van der Waals surface area contributed by atoms with Gasteiger partial charge < -0.3 is 19.5 Å². The van der Waals surface area contributed by atoms with Crippen molar-refractivity contribution >= 4 is 5.97 Å². The molecule has 1 N–H and O–H groups in total. The third-order valence-corrected chi connectivity index (χ3v) is 6.49. The van der Waals surface area contributed by atoms with Crippen molar-refractivity contribution in [2.45, 2.75) is 38.3 Å². The molecule has 0 aliphatic carbocycles. The minimum Gasteiger partial charge on any atom is -0.494 e. The standard InChI is InChI=1S/C28H30FNO4/c1-17-9-10-20(28(31)33-4)13-23(17)24-15-21(34-26-8-6-5-7-22(24)26)16-30-18(2)19-11-12-25(29)27(14-19)32-3/h5-14,18,21,24,30H,15-16H2,1-4H3. The Morgan fingerprint density at radius 1 is 1.12 bits per heavy atom. The summed E-state index contributed by atoms with van der Waals surface area (Å²) in [7, 11) is 2.86. The van der Waals surface area contributed by atoms with Gasteiger partial charge in [0.25, 0.3) is 0 Å². The minimum atomic E-state index is -0.377. The number of carbonyl (C=O) groups is 1. The van der Waals surface area contributed by atoms with Gasteiger partial charge in [-0.15, -0.1) is 0 Å². The Hall–Kier alpha value is -3.38. The van der Waals surface area contributed by atoms with Crippen molar-refractivity contribution in [1.29, 1.82) is 0 Å². The maximum Gasteiger partial charge on any atom is 0.337 e. The van der Waals surface area contributed by atoms with Crippen LogP contribution < -0.4 is 14.8 Å². The summed E-state index contributed by atoms with van der Waals surface area (Å²) >= 11 is 0. The van der Waals surface area contributed by atoms with Crippen molar-refractivity contribution < 1.29 is 23.4 Å². The number of halogens is 1. The topological polar surface area (TPSA) is 56.8 Å². The quantitative estimate of drug-likeness (QED) is 0.465. The Kier molecular flexibility index (Phi) is 7.17. The minimum absolute atomic E-state index is 0.0156. The average molecular weight is 464 g/mol. The molecule has 3 aromatic rings. The Balaban J connectivity index is 1.56. The van der Waals surface area contributed by atoms with Crippen LogP contribution in [0.5, 0.6) is 11.5 Å². The van der Waals surface area contributed by atoms with E-state index in [1.165, 1.54) is 20.3 Å². The van der Waals surface area contributed by atoms with Crippen LogP contribution in [0.3, 0.4) is 0 Å². The molecule has 34 heavy (non-hydrogen) atoms. The number of hydrogen-bond acceptors (Lipinski definition) is 5. The SMILES string of the molecule is COC(=O)c1ccc(C)c(C2CC(CNC(C)c3ccc(F)c(OC)c3)Oc3ccccc32)c1. The fourth-order valence-electron chi connectivity index (χ4n) is 4.55. The van der Waals surface area contributed by atoms with E-state index in [4.69, 9.17) is 14.2 Å². The molecule has 5 nitrogen and oxygen atoms in total. The first-order chi connectivity index (χ1) is 16.4. The van der Waals surface area contributed by atoms with Gasteiger partial charge in [-0.1, -0.05) is 30.3 Å². The zero-order valence-corrected chi connectivity index (χ0v) is 19.9. The molecule has 3 aromatic carbocycles.